The first-order chi connectivity index (χ1) is 7.64. The summed E-state index contributed by atoms with van der Waals surface area (Å²) in [5.74, 6) is 0.250. The molecule has 2 aliphatic rings. The molecule has 0 bridgehead atoms. The lowest BCUT2D eigenvalue weighted by Crippen LogP contribution is -2.45. The van der Waals surface area contributed by atoms with Gasteiger partial charge in [0, 0.05) is 19.8 Å². The molecule has 4 nitrogen and oxygen atoms in total. The highest BCUT2D eigenvalue weighted by Crippen LogP contribution is 2.32. The van der Waals surface area contributed by atoms with Crippen molar-refractivity contribution in [1.82, 2.24) is 10.2 Å². The van der Waals surface area contributed by atoms with Gasteiger partial charge in [-0.15, -0.1) is 0 Å². The predicted molar refractivity (Wildman–Crippen MR) is 62.0 cm³/mol. The molecule has 92 valence electrons. The van der Waals surface area contributed by atoms with Crippen molar-refractivity contribution in [3.8, 4) is 0 Å². The van der Waals surface area contributed by atoms with E-state index in [1.807, 2.05) is 4.90 Å². The normalized spacial score (nSPS) is 29.8. The highest BCUT2D eigenvalue weighted by molar-refractivity contribution is 5.80. The Morgan fingerprint density at radius 3 is 2.81 bits per heavy atom. The molecule has 2 rings (SSSR count). The summed E-state index contributed by atoms with van der Waals surface area (Å²) >= 11 is 0. The molecule has 0 aliphatic carbocycles. The predicted octanol–water partition coefficient (Wildman–Crippen LogP) is 0.971. The molecule has 0 saturated carbocycles. The quantitative estimate of drug-likeness (QED) is 0.779. The largest absolute Gasteiger partial charge is 0.381 e. The fourth-order valence-electron chi connectivity index (χ4n) is 2.59. The van der Waals surface area contributed by atoms with Gasteiger partial charge in [0.05, 0.1) is 12.7 Å². The molecule has 2 fully saturated rings. The zero-order chi connectivity index (χ0) is 11.6. The van der Waals surface area contributed by atoms with Crippen LogP contribution in [-0.4, -0.2) is 43.3 Å². The number of carbonyl (C=O) groups is 1. The fourth-order valence-corrected chi connectivity index (χ4v) is 2.59. The Kier molecular flexibility index (Phi) is 3.50. The first kappa shape index (κ1) is 11.9. The maximum absolute atomic E-state index is 11.8. The first-order valence-electron chi connectivity index (χ1n) is 6.25. The van der Waals surface area contributed by atoms with E-state index in [0.29, 0.717) is 6.54 Å². The van der Waals surface area contributed by atoms with Gasteiger partial charge in [0.25, 0.3) is 0 Å². The molecule has 0 radical (unpaired) electrons. The molecule has 2 heterocycles. The Morgan fingerprint density at radius 2 is 2.19 bits per heavy atom. The van der Waals surface area contributed by atoms with Crippen LogP contribution in [0.3, 0.4) is 0 Å². The van der Waals surface area contributed by atoms with Crippen molar-refractivity contribution in [2.45, 2.75) is 39.3 Å². The van der Waals surface area contributed by atoms with Crippen molar-refractivity contribution in [2.75, 3.05) is 26.3 Å². The van der Waals surface area contributed by atoms with E-state index in [0.717, 1.165) is 39.0 Å². The van der Waals surface area contributed by atoms with Gasteiger partial charge in [-0.05, 0) is 24.7 Å². The van der Waals surface area contributed by atoms with Gasteiger partial charge in [-0.1, -0.05) is 13.8 Å². The first-order valence-corrected chi connectivity index (χ1v) is 6.25. The van der Waals surface area contributed by atoms with Crippen LogP contribution in [-0.2, 0) is 9.53 Å². The average molecular weight is 226 g/mol. The summed E-state index contributed by atoms with van der Waals surface area (Å²) in [6, 6.07) is 0. The number of nitrogens with zero attached hydrogens (tertiary/aromatic N) is 1. The summed E-state index contributed by atoms with van der Waals surface area (Å²) < 4.78 is 5.39. The molecule has 1 unspecified atom stereocenters. The van der Waals surface area contributed by atoms with Crippen molar-refractivity contribution >= 4 is 5.91 Å². The second-order valence-corrected chi connectivity index (χ2v) is 5.25. The molecule has 1 atom stereocenters. The second-order valence-electron chi connectivity index (χ2n) is 5.25. The van der Waals surface area contributed by atoms with E-state index in [-0.39, 0.29) is 17.5 Å². The molecule has 1 amide bonds. The van der Waals surface area contributed by atoms with E-state index >= 15 is 0 Å². The number of rotatable bonds is 3. The minimum atomic E-state index is 0.243. The summed E-state index contributed by atoms with van der Waals surface area (Å²) in [5.41, 5.74) is 0.243. The fraction of sp³-hybridized carbons (Fsp3) is 0.917. The molecule has 2 aliphatic heterocycles. The highest BCUT2D eigenvalue weighted by Gasteiger charge is 2.36. The average Bonchev–Trinajstić information content (AvgIpc) is 2.61. The molecule has 0 aromatic carbocycles. The Bertz CT molecular complexity index is 262. The van der Waals surface area contributed by atoms with E-state index in [1.165, 1.54) is 0 Å². The van der Waals surface area contributed by atoms with Crippen molar-refractivity contribution in [3.05, 3.63) is 0 Å². The highest BCUT2D eigenvalue weighted by atomic mass is 16.5. The number of carbonyl (C=O) groups excluding carboxylic acids is 1. The van der Waals surface area contributed by atoms with Gasteiger partial charge in [0.15, 0.2) is 0 Å². The maximum atomic E-state index is 11.8. The van der Waals surface area contributed by atoms with E-state index < -0.39 is 0 Å². The standard InChI is InChI=1S/C12H22N2O2/c1-3-10-13-8-11(15)14(10)9-12(2)4-6-16-7-5-12/h10,13H,3-9H2,1-2H3. The third-order valence-electron chi connectivity index (χ3n) is 3.82. The molecule has 4 heteroatoms. The van der Waals surface area contributed by atoms with Crippen LogP contribution in [0.1, 0.15) is 33.1 Å². The van der Waals surface area contributed by atoms with Crippen LogP contribution >= 0.6 is 0 Å². The van der Waals surface area contributed by atoms with Gasteiger partial charge in [-0.2, -0.15) is 0 Å². The molecule has 0 aromatic heterocycles. The zero-order valence-corrected chi connectivity index (χ0v) is 10.3. The van der Waals surface area contributed by atoms with Crippen LogP contribution in [0.25, 0.3) is 0 Å². The zero-order valence-electron chi connectivity index (χ0n) is 10.3. The third kappa shape index (κ3) is 2.38. The number of amides is 1. The number of hydrogen-bond acceptors (Lipinski definition) is 3. The lowest BCUT2D eigenvalue weighted by molar-refractivity contribution is -0.130. The maximum Gasteiger partial charge on any atom is 0.237 e. The smallest absolute Gasteiger partial charge is 0.237 e. The van der Waals surface area contributed by atoms with E-state index in [4.69, 9.17) is 4.74 Å². The minimum Gasteiger partial charge on any atom is -0.381 e. The van der Waals surface area contributed by atoms with Gasteiger partial charge < -0.3 is 9.64 Å². The van der Waals surface area contributed by atoms with Crippen molar-refractivity contribution in [3.63, 3.8) is 0 Å². The van der Waals surface area contributed by atoms with E-state index in [9.17, 15) is 4.79 Å². The summed E-state index contributed by atoms with van der Waals surface area (Å²) in [7, 11) is 0. The molecule has 1 N–H and O–H groups in total. The number of hydrogen-bond donors (Lipinski definition) is 1. The summed E-state index contributed by atoms with van der Waals surface area (Å²) in [6.07, 6.45) is 3.35. The Labute approximate surface area is 97.3 Å². The topological polar surface area (TPSA) is 41.6 Å². The van der Waals surface area contributed by atoms with Crippen LogP contribution in [0.5, 0.6) is 0 Å². The Morgan fingerprint density at radius 1 is 1.50 bits per heavy atom. The number of nitrogens with one attached hydrogen (secondary N) is 1. The number of ether oxygens (including phenoxy) is 1. The Balaban J connectivity index is 1.98. The third-order valence-corrected chi connectivity index (χ3v) is 3.82. The minimum absolute atomic E-state index is 0.243. The van der Waals surface area contributed by atoms with Crippen molar-refractivity contribution in [2.24, 2.45) is 5.41 Å². The van der Waals surface area contributed by atoms with E-state index in [2.05, 4.69) is 19.2 Å². The van der Waals surface area contributed by atoms with Gasteiger partial charge in [0.2, 0.25) is 5.91 Å². The molecule has 0 spiro atoms. The SMILES string of the molecule is CCC1NCC(=O)N1CC1(C)CCOCC1. The summed E-state index contributed by atoms with van der Waals surface area (Å²) in [4.78, 5) is 13.8. The Hall–Kier alpha value is -0.610. The second kappa shape index (κ2) is 4.72. The van der Waals surface area contributed by atoms with Crippen LogP contribution < -0.4 is 5.32 Å². The van der Waals surface area contributed by atoms with Crippen molar-refractivity contribution in [1.29, 1.82) is 0 Å². The molecular formula is C12H22N2O2. The van der Waals surface area contributed by atoms with Crippen molar-refractivity contribution < 1.29 is 9.53 Å². The van der Waals surface area contributed by atoms with E-state index in [1.54, 1.807) is 0 Å². The van der Waals surface area contributed by atoms with Gasteiger partial charge in [-0.3, -0.25) is 10.1 Å². The summed E-state index contributed by atoms with van der Waals surface area (Å²) in [6.45, 7) is 7.45. The van der Waals surface area contributed by atoms with Crippen LogP contribution in [0.4, 0.5) is 0 Å². The lowest BCUT2D eigenvalue weighted by Gasteiger charge is -2.38. The lowest BCUT2D eigenvalue weighted by atomic mass is 9.82. The van der Waals surface area contributed by atoms with Gasteiger partial charge >= 0.3 is 0 Å². The van der Waals surface area contributed by atoms with Gasteiger partial charge in [-0.25, -0.2) is 0 Å². The van der Waals surface area contributed by atoms with Gasteiger partial charge in [0.1, 0.15) is 0 Å². The van der Waals surface area contributed by atoms with Crippen LogP contribution in [0.15, 0.2) is 0 Å². The molecular weight excluding hydrogens is 204 g/mol. The van der Waals surface area contributed by atoms with Crippen LogP contribution in [0, 0.1) is 5.41 Å². The molecule has 16 heavy (non-hydrogen) atoms. The molecule has 0 aromatic rings. The summed E-state index contributed by atoms with van der Waals surface area (Å²) in [5, 5.41) is 3.26. The van der Waals surface area contributed by atoms with Crippen LogP contribution in [0.2, 0.25) is 0 Å². The molecule has 2 saturated heterocycles. The monoisotopic (exact) mass is 226 g/mol.